The van der Waals surface area contributed by atoms with Crippen molar-refractivity contribution in [3.63, 3.8) is 0 Å². The van der Waals surface area contributed by atoms with Crippen LogP contribution in [0, 0.1) is 5.92 Å². The van der Waals surface area contributed by atoms with Gasteiger partial charge in [-0.1, -0.05) is 27.2 Å². The molecule has 0 radical (unpaired) electrons. The van der Waals surface area contributed by atoms with Gasteiger partial charge in [0.15, 0.2) is 5.79 Å². The van der Waals surface area contributed by atoms with Crippen LogP contribution in [0.25, 0.3) is 0 Å². The minimum Gasteiger partial charge on any atom is -0.347 e. The summed E-state index contributed by atoms with van der Waals surface area (Å²) < 4.78 is 11.9. The van der Waals surface area contributed by atoms with Crippen LogP contribution in [-0.4, -0.2) is 56.1 Å². The average Bonchev–Trinajstić information content (AvgIpc) is 2.92. The molecular formula is C16H32N2O2. The van der Waals surface area contributed by atoms with E-state index in [2.05, 4.69) is 38.0 Å². The van der Waals surface area contributed by atoms with Gasteiger partial charge in [-0.2, -0.15) is 0 Å². The zero-order chi connectivity index (χ0) is 14.6. The predicted molar refractivity (Wildman–Crippen MR) is 81.8 cm³/mol. The molecular weight excluding hydrogens is 252 g/mol. The third kappa shape index (κ3) is 3.53. The largest absolute Gasteiger partial charge is 0.347 e. The van der Waals surface area contributed by atoms with Gasteiger partial charge in [0, 0.05) is 31.5 Å². The number of ether oxygens (including phenoxy) is 2. The van der Waals surface area contributed by atoms with Crippen LogP contribution in [0.1, 0.15) is 46.5 Å². The van der Waals surface area contributed by atoms with Gasteiger partial charge in [-0.3, -0.25) is 4.90 Å². The Labute approximate surface area is 124 Å². The van der Waals surface area contributed by atoms with E-state index in [4.69, 9.17) is 9.47 Å². The highest BCUT2D eigenvalue weighted by molar-refractivity contribution is 4.96. The molecule has 4 heteroatoms. The van der Waals surface area contributed by atoms with E-state index in [1.807, 2.05) is 0 Å². The maximum atomic E-state index is 5.95. The molecule has 1 aliphatic heterocycles. The molecule has 1 saturated heterocycles. The van der Waals surface area contributed by atoms with Crippen LogP contribution in [0.15, 0.2) is 0 Å². The third-order valence-corrected chi connectivity index (χ3v) is 5.12. The fourth-order valence-electron chi connectivity index (χ4n) is 3.64. The van der Waals surface area contributed by atoms with Gasteiger partial charge in [0.1, 0.15) is 0 Å². The fourth-order valence-corrected chi connectivity index (χ4v) is 3.64. The maximum Gasteiger partial charge on any atom is 0.170 e. The van der Waals surface area contributed by atoms with Crippen molar-refractivity contribution in [1.82, 2.24) is 10.2 Å². The molecule has 1 saturated carbocycles. The molecule has 0 bridgehead atoms. The molecule has 0 amide bonds. The van der Waals surface area contributed by atoms with Crippen LogP contribution >= 0.6 is 0 Å². The highest BCUT2D eigenvalue weighted by Gasteiger charge is 2.46. The zero-order valence-corrected chi connectivity index (χ0v) is 13.7. The summed E-state index contributed by atoms with van der Waals surface area (Å²) in [5.74, 6) is 0.455. The zero-order valence-electron chi connectivity index (χ0n) is 13.7. The van der Waals surface area contributed by atoms with Crippen LogP contribution < -0.4 is 5.32 Å². The van der Waals surface area contributed by atoms with Crippen molar-refractivity contribution < 1.29 is 9.47 Å². The maximum absolute atomic E-state index is 5.95. The first kappa shape index (κ1) is 16.2. The third-order valence-electron chi connectivity index (χ3n) is 5.12. The summed E-state index contributed by atoms with van der Waals surface area (Å²) in [6.07, 6.45) is 4.41. The van der Waals surface area contributed by atoms with Gasteiger partial charge in [-0.15, -0.1) is 0 Å². The van der Waals surface area contributed by atoms with E-state index in [0.717, 1.165) is 44.9 Å². The fraction of sp³-hybridized carbons (Fsp3) is 1.00. The molecule has 4 nitrogen and oxygen atoms in total. The summed E-state index contributed by atoms with van der Waals surface area (Å²) in [6.45, 7) is 10.7. The molecule has 1 N–H and O–H groups in total. The molecule has 0 aromatic heterocycles. The summed E-state index contributed by atoms with van der Waals surface area (Å²) in [6, 6.07) is 1.07. The van der Waals surface area contributed by atoms with Crippen LogP contribution in [0.4, 0.5) is 0 Å². The topological polar surface area (TPSA) is 33.7 Å². The highest BCUT2D eigenvalue weighted by atomic mass is 16.7. The first-order valence-electron chi connectivity index (χ1n) is 8.33. The SMILES string of the molecule is CCC(C)CN(CC)C1CC2(CCC1NC)OCCO2. The second-order valence-corrected chi connectivity index (χ2v) is 6.41. The molecule has 2 aliphatic rings. The van der Waals surface area contributed by atoms with Crippen LogP contribution in [-0.2, 0) is 9.47 Å². The number of nitrogens with one attached hydrogen (secondary N) is 1. The number of rotatable bonds is 6. The Balaban J connectivity index is 2.06. The highest BCUT2D eigenvalue weighted by Crippen LogP contribution is 2.38. The van der Waals surface area contributed by atoms with Gasteiger partial charge in [0.25, 0.3) is 0 Å². The van der Waals surface area contributed by atoms with Gasteiger partial charge in [-0.05, 0) is 25.9 Å². The van der Waals surface area contributed by atoms with E-state index in [0.29, 0.717) is 12.1 Å². The Hall–Kier alpha value is -0.160. The van der Waals surface area contributed by atoms with Crippen molar-refractivity contribution in [2.24, 2.45) is 5.92 Å². The minimum atomic E-state index is -0.291. The van der Waals surface area contributed by atoms with Gasteiger partial charge in [0.2, 0.25) is 0 Å². The van der Waals surface area contributed by atoms with Crippen molar-refractivity contribution in [3.8, 4) is 0 Å². The molecule has 2 fully saturated rings. The summed E-state index contributed by atoms with van der Waals surface area (Å²) in [4.78, 5) is 2.63. The van der Waals surface area contributed by atoms with E-state index >= 15 is 0 Å². The number of nitrogens with zero attached hydrogens (tertiary/aromatic N) is 1. The van der Waals surface area contributed by atoms with Gasteiger partial charge in [0.05, 0.1) is 13.2 Å². The summed E-state index contributed by atoms with van der Waals surface area (Å²) in [7, 11) is 2.09. The minimum absolute atomic E-state index is 0.291. The van der Waals surface area contributed by atoms with Crippen molar-refractivity contribution >= 4 is 0 Å². The molecule has 118 valence electrons. The van der Waals surface area contributed by atoms with E-state index in [-0.39, 0.29) is 5.79 Å². The van der Waals surface area contributed by atoms with E-state index < -0.39 is 0 Å². The average molecular weight is 284 g/mol. The molecule has 20 heavy (non-hydrogen) atoms. The molecule has 3 atom stereocenters. The number of hydrogen-bond donors (Lipinski definition) is 1. The van der Waals surface area contributed by atoms with Gasteiger partial charge < -0.3 is 14.8 Å². The van der Waals surface area contributed by atoms with E-state index in [1.165, 1.54) is 13.0 Å². The van der Waals surface area contributed by atoms with Crippen LogP contribution in [0.2, 0.25) is 0 Å². The van der Waals surface area contributed by atoms with Gasteiger partial charge >= 0.3 is 0 Å². The van der Waals surface area contributed by atoms with Crippen LogP contribution in [0.3, 0.4) is 0 Å². The Kier molecular flexibility index (Phi) is 5.84. The van der Waals surface area contributed by atoms with Gasteiger partial charge in [-0.25, -0.2) is 0 Å². The second-order valence-electron chi connectivity index (χ2n) is 6.41. The van der Waals surface area contributed by atoms with E-state index in [9.17, 15) is 0 Å². The summed E-state index contributed by atoms with van der Waals surface area (Å²) in [5.41, 5.74) is 0. The number of likely N-dealkylation sites (N-methyl/N-ethyl adjacent to an activating group) is 2. The Morgan fingerprint density at radius 3 is 2.55 bits per heavy atom. The lowest BCUT2D eigenvalue weighted by molar-refractivity contribution is -0.193. The molecule has 1 heterocycles. The van der Waals surface area contributed by atoms with E-state index in [1.54, 1.807) is 0 Å². The molecule has 0 aromatic rings. The second kappa shape index (κ2) is 7.21. The lowest BCUT2D eigenvalue weighted by atomic mass is 9.84. The lowest BCUT2D eigenvalue weighted by Gasteiger charge is -2.46. The molecule has 1 aliphatic carbocycles. The Morgan fingerprint density at radius 1 is 1.30 bits per heavy atom. The van der Waals surface area contributed by atoms with Crippen LogP contribution in [0.5, 0.6) is 0 Å². The predicted octanol–water partition coefficient (Wildman–Crippen LogP) is 2.24. The smallest absolute Gasteiger partial charge is 0.170 e. The Bertz CT molecular complexity index is 292. The van der Waals surface area contributed by atoms with Crippen molar-refractivity contribution in [1.29, 1.82) is 0 Å². The summed E-state index contributed by atoms with van der Waals surface area (Å²) in [5, 5.41) is 3.51. The van der Waals surface area contributed by atoms with Crippen molar-refractivity contribution in [3.05, 3.63) is 0 Å². The first-order chi connectivity index (χ1) is 9.64. The molecule has 1 spiro atoms. The molecule has 3 unspecified atom stereocenters. The van der Waals surface area contributed by atoms with Crippen molar-refractivity contribution in [2.75, 3.05) is 33.4 Å². The summed E-state index contributed by atoms with van der Waals surface area (Å²) >= 11 is 0. The van der Waals surface area contributed by atoms with Crippen molar-refractivity contribution in [2.45, 2.75) is 64.3 Å². The molecule has 2 rings (SSSR count). The quantitative estimate of drug-likeness (QED) is 0.811. The normalized spacial score (nSPS) is 31.1. The Morgan fingerprint density at radius 2 is 2.00 bits per heavy atom. The molecule has 0 aromatic carbocycles. The number of hydrogen-bond acceptors (Lipinski definition) is 4. The first-order valence-corrected chi connectivity index (χ1v) is 8.33. The standard InChI is InChI=1S/C16H32N2O2/c1-5-13(3)12-18(6-2)15-11-16(19-9-10-20-16)8-7-14(15)17-4/h13-15,17H,5-12H2,1-4H3. The lowest BCUT2D eigenvalue weighted by Crippen LogP contribution is -2.57. The monoisotopic (exact) mass is 284 g/mol.